The molecular formula is C14H19FN2. The minimum atomic E-state index is -0.163. The molecule has 0 unspecified atom stereocenters. The van der Waals surface area contributed by atoms with Gasteiger partial charge in [0.25, 0.3) is 0 Å². The Morgan fingerprint density at radius 3 is 2.76 bits per heavy atom. The third-order valence-corrected chi connectivity index (χ3v) is 4.42. The van der Waals surface area contributed by atoms with E-state index in [1.54, 1.807) is 12.1 Å². The van der Waals surface area contributed by atoms with Crippen LogP contribution in [0.25, 0.3) is 0 Å². The van der Waals surface area contributed by atoms with Crippen LogP contribution in [0.2, 0.25) is 0 Å². The third kappa shape index (κ3) is 1.68. The van der Waals surface area contributed by atoms with E-state index < -0.39 is 0 Å². The summed E-state index contributed by atoms with van der Waals surface area (Å²) < 4.78 is 13.2. The number of halogens is 1. The van der Waals surface area contributed by atoms with Gasteiger partial charge in [-0.3, -0.25) is 0 Å². The zero-order valence-corrected chi connectivity index (χ0v) is 10.3. The van der Waals surface area contributed by atoms with Crippen LogP contribution in [-0.4, -0.2) is 19.1 Å². The Kier molecular flexibility index (Phi) is 2.49. The summed E-state index contributed by atoms with van der Waals surface area (Å²) in [7, 11) is 2.16. The quantitative estimate of drug-likeness (QED) is 0.740. The van der Waals surface area contributed by atoms with Crippen LogP contribution in [0.1, 0.15) is 32.1 Å². The van der Waals surface area contributed by atoms with E-state index >= 15 is 0 Å². The maximum Gasteiger partial charge on any atom is 0.125 e. The van der Waals surface area contributed by atoms with Gasteiger partial charge in [0.15, 0.2) is 0 Å². The van der Waals surface area contributed by atoms with Gasteiger partial charge in [-0.15, -0.1) is 0 Å². The highest BCUT2D eigenvalue weighted by molar-refractivity contribution is 5.73. The summed E-state index contributed by atoms with van der Waals surface area (Å²) in [5, 5.41) is 3.41. The molecule has 1 heterocycles. The van der Waals surface area contributed by atoms with Crippen LogP contribution in [0.5, 0.6) is 0 Å². The summed E-state index contributed by atoms with van der Waals surface area (Å²) in [6.45, 7) is 0.944. The first-order valence-electron chi connectivity index (χ1n) is 6.49. The molecule has 3 heteroatoms. The summed E-state index contributed by atoms with van der Waals surface area (Å²) in [5.41, 5.74) is 2.33. The SMILES string of the molecule is CN1c2ccc(F)cc2NCC12CCCCC2. The van der Waals surface area contributed by atoms with Gasteiger partial charge in [-0.2, -0.15) is 0 Å². The lowest BCUT2D eigenvalue weighted by Gasteiger charge is -2.50. The molecule has 0 radical (unpaired) electrons. The van der Waals surface area contributed by atoms with Crippen LogP contribution in [0.3, 0.4) is 0 Å². The van der Waals surface area contributed by atoms with Crippen molar-refractivity contribution in [1.82, 2.24) is 0 Å². The molecule has 0 bridgehead atoms. The van der Waals surface area contributed by atoms with E-state index in [4.69, 9.17) is 0 Å². The first-order valence-corrected chi connectivity index (χ1v) is 6.49. The highest BCUT2D eigenvalue weighted by Gasteiger charge is 2.39. The van der Waals surface area contributed by atoms with Crippen molar-refractivity contribution in [2.24, 2.45) is 0 Å². The van der Waals surface area contributed by atoms with Gasteiger partial charge in [-0.25, -0.2) is 4.39 Å². The normalized spacial score (nSPS) is 22.1. The maximum atomic E-state index is 13.2. The van der Waals surface area contributed by atoms with Gasteiger partial charge in [-0.1, -0.05) is 19.3 Å². The second-order valence-corrected chi connectivity index (χ2v) is 5.36. The molecule has 0 saturated heterocycles. The summed E-state index contributed by atoms with van der Waals surface area (Å²) >= 11 is 0. The van der Waals surface area contributed by atoms with Crippen LogP contribution in [-0.2, 0) is 0 Å². The van der Waals surface area contributed by atoms with Crippen molar-refractivity contribution in [3.05, 3.63) is 24.0 Å². The van der Waals surface area contributed by atoms with Crippen molar-refractivity contribution < 1.29 is 4.39 Å². The molecule has 0 atom stereocenters. The molecule has 0 aromatic heterocycles. The number of hydrogen-bond donors (Lipinski definition) is 1. The van der Waals surface area contributed by atoms with Crippen molar-refractivity contribution in [2.45, 2.75) is 37.6 Å². The van der Waals surface area contributed by atoms with Crippen molar-refractivity contribution in [3.8, 4) is 0 Å². The Labute approximate surface area is 102 Å². The Balaban J connectivity index is 1.96. The predicted octanol–water partition coefficient (Wildman–Crippen LogP) is 3.39. The molecular weight excluding hydrogens is 215 g/mol. The smallest absolute Gasteiger partial charge is 0.125 e. The minimum absolute atomic E-state index is 0.163. The topological polar surface area (TPSA) is 15.3 Å². The van der Waals surface area contributed by atoms with Gasteiger partial charge in [0.05, 0.1) is 16.9 Å². The molecule has 92 valence electrons. The highest BCUT2D eigenvalue weighted by Crippen LogP contribution is 2.42. The molecule has 1 N–H and O–H groups in total. The van der Waals surface area contributed by atoms with E-state index in [-0.39, 0.29) is 11.4 Å². The number of anilines is 2. The van der Waals surface area contributed by atoms with Crippen molar-refractivity contribution in [3.63, 3.8) is 0 Å². The standard InChI is InChI=1S/C14H19FN2/c1-17-13-6-5-11(15)9-12(13)16-10-14(17)7-3-2-4-8-14/h5-6,9,16H,2-4,7-8,10H2,1H3. The fourth-order valence-electron chi connectivity index (χ4n) is 3.30. The zero-order chi connectivity index (χ0) is 11.9. The van der Waals surface area contributed by atoms with Crippen LogP contribution in [0.15, 0.2) is 18.2 Å². The minimum Gasteiger partial charge on any atom is -0.381 e. The lowest BCUT2D eigenvalue weighted by molar-refractivity contribution is 0.294. The van der Waals surface area contributed by atoms with Gasteiger partial charge in [-0.05, 0) is 31.0 Å². The number of fused-ring (bicyclic) bond motifs is 1. The summed E-state index contributed by atoms with van der Waals surface area (Å²) in [6.07, 6.45) is 6.46. The van der Waals surface area contributed by atoms with Gasteiger partial charge in [0.1, 0.15) is 5.82 Å². The summed E-state index contributed by atoms with van der Waals surface area (Å²) in [6, 6.07) is 5.05. The lowest BCUT2D eigenvalue weighted by atomic mass is 9.79. The summed E-state index contributed by atoms with van der Waals surface area (Å²) in [5.74, 6) is -0.163. The van der Waals surface area contributed by atoms with Crippen LogP contribution in [0.4, 0.5) is 15.8 Å². The van der Waals surface area contributed by atoms with E-state index in [1.807, 2.05) is 6.07 Å². The predicted molar refractivity (Wildman–Crippen MR) is 69.1 cm³/mol. The monoisotopic (exact) mass is 234 g/mol. The number of likely N-dealkylation sites (N-methyl/N-ethyl adjacent to an activating group) is 1. The Hall–Kier alpha value is -1.25. The van der Waals surface area contributed by atoms with Crippen molar-refractivity contribution >= 4 is 11.4 Å². The fraction of sp³-hybridized carbons (Fsp3) is 0.571. The summed E-state index contributed by atoms with van der Waals surface area (Å²) in [4.78, 5) is 2.37. The van der Waals surface area contributed by atoms with Crippen molar-refractivity contribution in [2.75, 3.05) is 23.8 Å². The molecule has 1 spiro atoms. The number of nitrogens with one attached hydrogen (secondary N) is 1. The van der Waals surface area contributed by atoms with Gasteiger partial charge in [0, 0.05) is 13.6 Å². The van der Waals surface area contributed by atoms with E-state index in [9.17, 15) is 4.39 Å². The van der Waals surface area contributed by atoms with Crippen LogP contribution < -0.4 is 10.2 Å². The molecule has 1 saturated carbocycles. The Bertz CT molecular complexity index is 424. The van der Waals surface area contributed by atoms with Crippen LogP contribution in [0, 0.1) is 5.82 Å². The average Bonchev–Trinajstić information content (AvgIpc) is 2.36. The molecule has 1 aromatic carbocycles. The molecule has 1 aliphatic heterocycles. The first kappa shape index (κ1) is 10.9. The highest BCUT2D eigenvalue weighted by atomic mass is 19.1. The lowest BCUT2D eigenvalue weighted by Crippen LogP contribution is -2.55. The van der Waals surface area contributed by atoms with E-state index in [0.717, 1.165) is 17.9 Å². The Morgan fingerprint density at radius 1 is 1.24 bits per heavy atom. The fourth-order valence-corrected chi connectivity index (χ4v) is 3.30. The van der Waals surface area contributed by atoms with E-state index in [2.05, 4.69) is 17.3 Å². The maximum absolute atomic E-state index is 13.2. The van der Waals surface area contributed by atoms with Crippen LogP contribution >= 0.6 is 0 Å². The second-order valence-electron chi connectivity index (χ2n) is 5.36. The second kappa shape index (κ2) is 3.90. The zero-order valence-electron chi connectivity index (χ0n) is 10.3. The molecule has 1 aromatic rings. The number of rotatable bonds is 0. The molecule has 0 amide bonds. The first-order chi connectivity index (χ1) is 8.21. The average molecular weight is 234 g/mol. The number of hydrogen-bond acceptors (Lipinski definition) is 2. The number of nitrogens with zero attached hydrogens (tertiary/aromatic N) is 1. The van der Waals surface area contributed by atoms with Gasteiger partial charge >= 0.3 is 0 Å². The Morgan fingerprint density at radius 2 is 2.00 bits per heavy atom. The van der Waals surface area contributed by atoms with E-state index in [1.165, 1.54) is 32.1 Å². The van der Waals surface area contributed by atoms with E-state index in [0.29, 0.717) is 0 Å². The molecule has 17 heavy (non-hydrogen) atoms. The molecule has 2 aliphatic rings. The molecule has 1 aliphatic carbocycles. The molecule has 3 rings (SSSR count). The molecule has 1 fully saturated rings. The van der Waals surface area contributed by atoms with Gasteiger partial charge < -0.3 is 10.2 Å². The third-order valence-electron chi connectivity index (χ3n) is 4.42. The molecule has 2 nitrogen and oxygen atoms in total. The number of benzene rings is 1. The largest absolute Gasteiger partial charge is 0.381 e. The van der Waals surface area contributed by atoms with Gasteiger partial charge in [0.2, 0.25) is 0 Å². The van der Waals surface area contributed by atoms with Crippen molar-refractivity contribution in [1.29, 1.82) is 0 Å².